The number of ketones is 1. The first-order valence-electron chi connectivity index (χ1n) is 12.5. The molecule has 6 rings (SSSR count). The zero-order valence-corrected chi connectivity index (χ0v) is 21.4. The molecule has 0 N–H and O–H groups in total. The van der Waals surface area contributed by atoms with Crippen molar-refractivity contribution in [2.75, 3.05) is 7.11 Å². The first-order valence-corrected chi connectivity index (χ1v) is 13.5. The van der Waals surface area contributed by atoms with Gasteiger partial charge in [0.05, 0.1) is 12.7 Å². The van der Waals surface area contributed by atoms with Gasteiger partial charge >= 0.3 is 0 Å². The number of allylic oxidation sites excluding steroid dienone is 1. The second kappa shape index (κ2) is 9.97. The highest BCUT2D eigenvalue weighted by Crippen LogP contribution is 2.60. The van der Waals surface area contributed by atoms with Crippen molar-refractivity contribution in [3.63, 3.8) is 0 Å². The molecule has 4 saturated carbocycles. The number of nitrogens with zero attached hydrogens (tertiary/aromatic N) is 2. The average Bonchev–Trinajstić information content (AvgIpc) is 2.84. The summed E-state index contributed by atoms with van der Waals surface area (Å²) in [5.74, 6) is 3.47. The molecule has 188 valence electrons. The van der Waals surface area contributed by atoms with Crippen LogP contribution in [0.4, 0.5) is 8.78 Å². The first-order chi connectivity index (χ1) is 17.3. The minimum Gasteiger partial charge on any atom is -0.496 e. The molecule has 4 bridgehead atoms. The third kappa shape index (κ3) is 4.80. The predicted octanol–water partition coefficient (Wildman–Crippen LogP) is 7.30. The van der Waals surface area contributed by atoms with Gasteiger partial charge in [-0.05, 0) is 98.6 Å². The SMILES string of the molecule is COc1ccc(/C=C/C(=O)C23CC4CC(CC(C4)C2)C3)cc1CSc1nc(C(F)F)cc(C)c1C#N. The molecule has 0 radical (unpaired) electrons. The maximum absolute atomic E-state index is 13.4. The molecule has 0 saturated heterocycles. The summed E-state index contributed by atoms with van der Waals surface area (Å²) >= 11 is 1.23. The number of carbonyl (C=O) groups excluding carboxylic acids is 1. The number of halogens is 2. The molecule has 4 fully saturated rings. The molecule has 4 nitrogen and oxygen atoms in total. The second-order valence-corrected chi connectivity index (χ2v) is 11.7. The number of methoxy groups -OCH3 is 1. The number of thioether (sulfide) groups is 1. The van der Waals surface area contributed by atoms with Crippen molar-refractivity contribution >= 4 is 23.6 Å². The van der Waals surface area contributed by atoms with Gasteiger partial charge < -0.3 is 4.74 Å². The standard InChI is InChI=1S/C29H30F2N2O2S/c1-17-7-24(27(30)31)33-28(23(17)15-32)36-16-22-11-18(3-5-25(22)35-2)4-6-26(34)29-12-19-8-20(13-29)10-21(9-19)14-29/h3-7,11,19-21,27H,8-10,12-14,16H2,1-2H3/b6-4+. The van der Waals surface area contributed by atoms with Gasteiger partial charge in [0, 0.05) is 16.7 Å². The van der Waals surface area contributed by atoms with Crippen LogP contribution in [-0.2, 0) is 10.5 Å². The fourth-order valence-corrected chi connectivity index (χ4v) is 7.98. The lowest BCUT2D eigenvalue weighted by molar-refractivity contribution is -0.138. The largest absolute Gasteiger partial charge is 0.496 e. The zero-order chi connectivity index (χ0) is 25.4. The van der Waals surface area contributed by atoms with Crippen LogP contribution < -0.4 is 4.74 Å². The number of alkyl halides is 2. The van der Waals surface area contributed by atoms with Crippen LogP contribution in [0.3, 0.4) is 0 Å². The smallest absolute Gasteiger partial charge is 0.280 e. The van der Waals surface area contributed by atoms with E-state index in [1.165, 1.54) is 37.1 Å². The minimum absolute atomic E-state index is 0.163. The Morgan fingerprint density at radius 3 is 2.47 bits per heavy atom. The number of ether oxygens (including phenoxy) is 1. The molecule has 2 aromatic rings. The van der Waals surface area contributed by atoms with Crippen LogP contribution in [0.2, 0.25) is 0 Å². The third-order valence-electron chi connectivity index (χ3n) is 8.20. The molecule has 1 aromatic heterocycles. The van der Waals surface area contributed by atoms with Crippen LogP contribution in [-0.4, -0.2) is 17.9 Å². The quantitative estimate of drug-likeness (QED) is 0.277. The zero-order valence-electron chi connectivity index (χ0n) is 20.6. The fraction of sp³-hybridized carbons (Fsp3) is 0.483. The van der Waals surface area contributed by atoms with Crippen molar-refractivity contribution in [1.29, 1.82) is 5.26 Å². The van der Waals surface area contributed by atoms with Crippen LogP contribution in [0, 0.1) is 41.4 Å². The van der Waals surface area contributed by atoms with Crippen LogP contribution in [0.1, 0.15) is 72.9 Å². The maximum Gasteiger partial charge on any atom is 0.280 e. The van der Waals surface area contributed by atoms with Crippen molar-refractivity contribution in [2.45, 2.75) is 62.7 Å². The number of hydrogen-bond donors (Lipinski definition) is 0. The van der Waals surface area contributed by atoms with Gasteiger partial charge in [-0.1, -0.05) is 12.1 Å². The number of carbonyl (C=O) groups is 1. The Morgan fingerprint density at radius 1 is 1.22 bits per heavy atom. The summed E-state index contributed by atoms with van der Waals surface area (Å²) < 4.78 is 32.1. The van der Waals surface area contributed by atoms with E-state index in [2.05, 4.69) is 11.1 Å². The van der Waals surface area contributed by atoms with Crippen molar-refractivity contribution < 1.29 is 18.3 Å². The molecule has 0 aliphatic heterocycles. The first kappa shape index (κ1) is 25.0. The monoisotopic (exact) mass is 508 g/mol. The number of aromatic nitrogens is 1. The normalized spacial score (nSPS) is 26.5. The summed E-state index contributed by atoms with van der Waals surface area (Å²) in [7, 11) is 1.58. The molecule has 4 aliphatic rings. The van der Waals surface area contributed by atoms with Gasteiger partial charge in [0.25, 0.3) is 6.43 Å². The van der Waals surface area contributed by atoms with E-state index in [-0.39, 0.29) is 21.9 Å². The maximum atomic E-state index is 13.4. The van der Waals surface area contributed by atoms with Crippen molar-refractivity contribution in [3.8, 4) is 11.8 Å². The summed E-state index contributed by atoms with van der Waals surface area (Å²) in [6, 6.07) is 9.06. The summed E-state index contributed by atoms with van der Waals surface area (Å²) in [6.45, 7) is 1.64. The van der Waals surface area contributed by atoms with E-state index in [0.29, 0.717) is 22.6 Å². The molecule has 0 unspecified atom stereocenters. The van der Waals surface area contributed by atoms with Gasteiger partial charge in [-0.15, -0.1) is 11.8 Å². The highest BCUT2D eigenvalue weighted by molar-refractivity contribution is 7.98. The van der Waals surface area contributed by atoms with Gasteiger partial charge in [0.15, 0.2) is 5.78 Å². The number of nitriles is 1. The van der Waals surface area contributed by atoms with Crippen LogP contribution in [0.25, 0.3) is 6.08 Å². The van der Waals surface area contributed by atoms with Gasteiger partial charge in [-0.2, -0.15) is 5.26 Å². The average molecular weight is 509 g/mol. The number of rotatable bonds is 8. The molecule has 0 spiro atoms. The Morgan fingerprint density at radius 2 is 1.89 bits per heavy atom. The van der Waals surface area contributed by atoms with E-state index in [4.69, 9.17) is 4.74 Å². The van der Waals surface area contributed by atoms with Gasteiger partial charge in [0.2, 0.25) is 0 Å². The van der Waals surface area contributed by atoms with Crippen LogP contribution in [0.15, 0.2) is 35.4 Å². The molecule has 0 atom stereocenters. The Labute approximate surface area is 215 Å². The Kier molecular flexibility index (Phi) is 6.91. The van der Waals surface area contributed by atoms with E-state index >= 15 is 0 Å². The van der Waals surface area contributed by atoms with E-state index in [9.17, 15) is 18.8 Å². The van der Waals surface area contributed by atoms with E-state index in [1.807, 2.05) is 24.3 Å². The van der Waals surface area contributed by atoms with Gasteiger partial charge in [-0.25, -0.2) is 13.8 Å². The lowest BCUT2D eigenvalue weighted by Gasteiger charge is -2.55. The predicted molar refractivity (Wildman–Crippen MR) is 136 cm³/mol. The second-order valence-electron chi connectivity index (χ2n) is 10.7. The van der Waals surface area contributed by atoms with E-state index in [1.54, 1.807) is 20.1 Å². The molecular formula is C29H30F2N2O2S. The Bertz CT molecular complexity index is 1220. The number of aryl methyl sites for hydroxylation is 1. The van der Waals surface area contributed by atoms with E-state index in [0.717, 1.165) is 48.1 Å². The van der Waals surface area contributed by atoms with Gasteiger partial charge in [0.1, 0.15) is 22.5 Å². The Balaban J connectivity index is 1.34. The van der Waals surface area contributed by atoms with Crippen molar-refractivity contribution in [3.05, 3.63) is 58.3 Å². The fourth-order valence-electron chi connectivity index (χ4n) is 6.94. The van der Waals surface area contributed by atoms with Gasteiger partial charge in [-0.3, -0.25) is 4.79 Å². The van der Waals surface area contributed by atoms with Crippen molar-refractivity contribution in [2.24, 2.45) is 23.2 Å². The van der Waals surface area contributed by atoms with E-state index < -0.39 is 6.43 Å². The lowest BCUT2D eigenvalue weighted by atomic mass is 9.48. The van der Waals surface area contributed by atoms with Crippen molar-refractivity contribution in [1.82, 2.24) is 4.98 Å². The minimum atomic E-state index is -2.70. The highest BCUT2D eigenvalue weighted by Gasteiger charge is 2.53. The number of benzene rings is 1. The molecule has 7 heteroatoms. The number of hydrogen-bond acceptors (Lipinski definition) is 5. The molecule has 1 aromatic carbocycles. The molecule has 1 heterocycles. The number of pyridine rings is 1. The molecule has 36 heavy (non-hydrogen) atoms. The molecule has 0 amide bonds. The lowest BCUT2D eigenvalue weighted by Crippen LogP contribution is -2.49. The van der Waals surface area contributed by atoms with Crippen LogP contribution in [0.5, 0.6) is 5.75 Å². The summed E-state index contributed by atoms with van der Waals surface area (Å²) in [4.78, 5) is 17.4. The van der Waals surface area contributed by atoms with Crippen LogP contribution >= 0.6 is 11.8 Å². The third-order valence-corrected chi connectivity index (χ3v) is 9.22. The topological polar surface area (TPSA) is 63.0 Å². The molecule has 4 aliphatic carbocycles. The summed E-state index contributed by atoms with van der Waals surface area (Å²) in [5, 5.41) is 9.81. The Hall–Kier alpha value is -2.72. The molecular weight excluding hydrogens is 478 g/mol. The summed E-state index contributed by atoms with van der Waals surface area (Å²) in [5.41, 5.74) is 2.02. The highest BCUT2D eigenvalue weighted by atomic mass is 32.2. The summed E-state index contributed by atoms with van der Waals surface area (Å²) in [6.07, 6.45) is 7.97.